The van der Waals surface area contributed by atoms with Gasteiger partial charge in [-0.1, -0.05) is 51.2 Å². The number of rotatable bonds is 9. The van der Waals surface area contributed by atoms with Gasteiger partial charge in [0, 0.05) is 20.0 Å². The van der Waals surface area contributed by atoms with Crippen LogP contribution in [-0.4, -0.2) is 39.2 Å². The summed E-state index contributed by atoms with van der Waals surface area (Å²) in [5.41, 5.74) is 2.41. The van der Waals surface area contributed by atoms with E-state index in [0.717, 1.165) is 48.8 Å². The Balaban J connectivity index is 1.61. The number of hydrogen-bond donors (Lipinski definition) is 1. The van der Waals surface area contributed by atoms with Gasteiger partial charge in [0.05, 0.1) is 23.7 Å². The topological polar surface area (TPSA) is 85.6 Å². The lowest BCUT2D eigenvalue weighted by molar-refractivity contribution is -0.200. The first-order chi connectivity index (χ1) is 16.0. The zero-order valence-electron chi connectivity index (χ0n) is 19.8. The smallest absolute Gasteiger partial charge is 0.298 e. The Morgan fingerprint density at radius 2 is 1.85 bits per heavy atom. The molecule has 2 unspecified atom stereocenters. The molecular formula is C25H36N4O4. The third-order valence-electron chi connectivity index (χ3n) is 6.97. The molecule has 4 rings (SSSR count). The predicted molar refractivity (Wildman–Crippen MR) is 127 cm³/mol. The SMILES string of the molecule is CCCCCCCON1CCCCC1c1cccc2c1n(C)c(=O)n2C1CCC(=O)NC1=O. The molecule has 180 valence electrons. The van der Waals surface area contributed by atoms with Crippen molar-refractivity contribution in [2.75, 3.05) is 13.2 Å². The number of nitrogens with zero attached hydrogens (tertiary/aromatic N) is 3. The van der Waals surface area contributed by atoms with Crippen LogP contribution < -0.4 is 11.0 Å². The van der Waals surface area contributed by atoms with E-state index in [-0.39, 0.29) is 24.1 Å². The van der Waals surface area contributed by atoms with Crippen molar-refractivity contribution in [1.29, 1.82) is 0 Å². The molecule has 2 aliphatic heterocycles. The molecule has 2 saturated heterocycles. The second-order valence-electron chi connectivity index (χ2n) is 9.29. The molecule has 2 amide bonds. The van der Waals surface area contributed by atoms with Gasteiger partial charge in [-0.05, 0) is 37.3 Å². The highest BCUT2D eigenvalue weighted by atomic mass is 16.7. The van der Waals surface area contributed by atoms with E-state index in [9.17, 15) is 14.4 Å². The van der Waals surface area contributed by atoms with E-state index in [1.165, 1.54) is 25.7 Å². The Kier molecular flexibility index (Phi) is 7.65. The Morgan fingerprint density at radius 3 is 2.64 bits per heavy atom. The molecule has 3 heterocycles. The van der Waals surface area contributed by atoms with Gasteiger partial charge >= 0.3 is 5.69 Å². The lowest BCUT2D eigenvalue weighted by atomic mass is 9.95. The molecule has 0 radical (unpaired) electrons. The molecule has 2 fully saturated rings. The van der Waals surface area contributed by atoms with Gasteiger partial charge in [0.1, 0.15) is 6.04 Å². The highest BCUT2D eigenvalue weighted by molar-refractivity contribution is 6.00. The fourth-order valence-electron chi connectivity index (χ4n) is 5.23. The summed E-state index contributed by atoms with van der Waals surface area (Å²) in [5.74, 6) is -0.688. The highest BCUT2D eigenvalue weighted by Crippen LogP contribution is 2.36. The second-order valence-corrected chi connectivity index (χ2v) is 9.29. The second kappa shape index (κ2) is 10.7. The summed E-state index contributed by atoms with van der Waals surface area (Å²) in [6.45, 7) is 3.81. The maximum Gasteiger partial charge on any atom is 0.329 e. The van der Waals surface area contributed by atoms with Gasteiger partial charge in [0.15, 0.2) is 0 Å². The molecule has 2 atom stereocenters. The van der Waals surface area contributed by atoms with Crippen LogP contribution in [-0.2, 0) is 21.5 Å². The first-order valence-corrected chi connectivity index (χ1v) is 12.5. The van der Waals surface area contributed by atoms with Crippen LogP contribution in [0.25, 0.3) is 11.0 Å². The Morgan fingerprint density at radius 1 is 1.03 bits per heavy atom. The summed E-state index contributed by atoms with van der Waals surface area (Å²) in [7, 11) is 1.76. The highest BCUT2D eigenvalue weighted by Gasteiger charge is 2.33. The van der Waals surface area contributed by atoms with Gasteiger partial charge in [0.25, 0.3) is 0 Å². The number of benzene rings is 1. The number of aryl methyl sites for hydroxylation is 1. The van der Waals surface area contributed by atoms with E-state index in [2.05, 4.69) is 23.4 Å². The molecule has 2 aliphatic rings. The summed E-state index contributed by atoms with van der Waals surface area (Å²) in [6, 6.07) is 5.32. The quantitative estimate of drug-likeness (QED) is 0.459. The number of unbranched alkanes of at least 4 members (excludes halogenated alkanes) is 4. The van der Waals surface area contributed by atoms with Crippen molar-refractivity contribution in [3.8, 4) is 0 Å². The van der Waals surface area contributed by atoms with Crippen molar-refractivity contribution in [3.05, 3.63) is 34.2 Å². The molecule has 2 aromatic rings. The summed E-state index contributed by atoms with van der Waals surface area (Å²) in [4.78, 5) is 43.6. The normalized spacial score (nSPS) is 22.1. The van der Waals surface area contributed by atoms with Gasteiger partial charge in [-0.15, -0.1) is 0 Å². The van der Waals surface area contributed by atoms with E-state index in [1.807, 2.05) is 12.1 Å². The van der Waals surface area contributed by atoms with Gasteiger partial charge in [-0.2, -0.15) is 5.06 Å². The van der Waals surface area contributed by atoms with Crippen LogP contribution in [0.1, 0.15) is 88.8 Å². The molecule has 1 aromatic carbocycles. The lowest BCUT2D eigenvalue weighted by Gasteiger charge is -2.35. The third kappa shape index (κ3) is 4.92. The van der Waals surface area contributed by atoms with Gasteiger partial charge in [-0.3, -0.25) is 28.9 Å². The number of fused-ring (bicyclic) bond motifs is 1. The van der Waals surface area contributed by atoms with Crippen LogP contribution in [0.15, 0.2) is 23.0 Å². The van der Waals surface area contributed by atoms with Crippen LogP contribution in [0.3, 0.4) is 0 Å². The van der Waals surface area contributed by atoms with Crippen molar-refractivity contribution < 1.29 is 14.4 Å². The maximum absolute atomic E-state index is 13.2. The van der Waals surface area contributed by atoms with Crippen molar-refractivity contribution in [2.45, 2.75) is 83.2 Å². The minimum Gasteiger partial charge on any atom is -0.298 e. The fraction of sp³-hybridized carbons (Fsp3) is 0.640. The molecule has 0 bridgehead atoms. The zero-order valence-corrected chi connectivity index (χ0v) is 19.8. The number of imide groups is 1. The van der Waals surface area contributed by atoms with Crippen LogP contribution in [0.2, 0.25) is 0 Å². The molecule has 0 saturated carbocycles. The largest absolute Gasteiger partial charge is 0.329 e. The average molecular weight is 457 g/mol. The molecule has 1 N–H and O–H groups in total. The predicted octanol–water partition coefficient (Wildman–Crippen LogP) is 3.75. The first kappa shape index (κ1) is 23.7. The van der Waals surface area contributed by atoms with Crippen molar-refractivity contribution >= 4 is 22.8 Å². The Hall–Kier alpha value is -2.45. The van der Waals surface area contributed by atoms with E-state index in [1.54, 1.807) is 16.2 Å². The number of aromatic nitrogens is 2. The Labute approximate surface area is 194 Å². The minimum absolute atomic E-state index is 0.0706. The third-order valence-corrected chi connectivity index (χ3v) is 6.97. The van der Waals surface area contributed by atoms with E-state index in [0.29, 0.717) is 13.0 Å². The van der Waals surface area contributed by atoms with Crippen molar-refractivity contribution in [2.24, 2.45) is 7.05 Å². The molecule has 0 aliphatic carbocycles. The first-order valence-electron chi connectivity index (χ1n) is 12.5. The number of carbonyl (C=O) groups excluding carboxylic acids is 2. The summed E-state index contributed by atoms with van der Waals surface area (Å²) in [5, 5.41) is 4.48. The standard InChI is InChI=1S/C25H36N4O4/c1-3-4-5-6-9-17-33-28-16-8-7-12-19(28)18-11-10-13-20-23(18)27(2)25(32)29(20)21-14-15-22(30)26-24(21)31/h10-11,13,19,21H,3-9,12,14-17H2,1-2H3,(H,26,30,31). The summed E-state index contributed by atoms with van der Waals surface area (Å²) >= 11 is 0. The van der Waals surface area contributed by atoms with Crippen LogP contribution >= 0.6 is 0 Å². The number of imidazole rings is 1. The van der Waals surface area contributed by atoms with E-state index < -0.39 is 11.9 Å². The minimum atomic E-state index is -0.670. The number of piperidine rings is 2. The van der Waals surface area contributed by atoms with E-state index in [4.69, 9.17) is 4.84 Å². The van der Waals surface area contributed by atoms with Crippen molar-refractivity contribution in [3.63, 3.8) is 0 Å². The Bertz CT molecular complexity index is 1060. The van der Waals surface area contributed by atoms with Crippen LogP contribution in [0.5, 0.6) is 0 Å². The zero-order chi connectivity index (χ0) is 23.4. The molecular weight excluding hydrogens is 420 g/mol. The van der Waals surface area contributed by atoms with Gasteiger partial charge in [-0.25, -0.2) is 4.79 Å². The van der Waals surface area contributed by atoms with Gasteiger partial charge < -0.3 is 0 Å². The summed E-state index contributed by atoms with van der Waals surface area (Å²) in [6.07, 6.45) is 9.74. The molecule has 8 heteroatoms. The van der Waals surface area contributed by atoms with Crippen LogP contribution in [0.4, 0.5) is 0 Å². The van der Waals surface area contributed by atoms with Gasteiger partial charge in [0.2, 0.25) is 11.8 Å². The fourth-order valence-corrected chi connectivity index (χ4v) is 5.23. The number of carbonyl (C=O) groups is 2. The average Bonchev–Trinajstić information content (AvgIpc) is 3.07. The maximum atomic E-state index is 13.2. The number of amides is 2. The van der Waals surface area contributed by atoms with Crippen LogP contribution in [0, 0.1) is 0 Å². The lowest BCUT2D eigenvalue weighted by Crippen LogP contribution is -2.44. The molecule has 0 spiro atoms. The molecule has 8 nitrogen and oxygen atoms in total. The number of para-hydroxylation sites is 1. The summed E-state index contributed by atoms with van der Waals surface area (Å²) < 4.78 is 3.20. The number of nitrogens with one attached hydrogen (secondary N) is 1. The number of hydrogen-bond acceptors (Lipinski definition) is 5. The van der Waals surface area contributed by atoms with E-state index >= 15 is 0 Å². The van der Waals surface area contributed by atoms with Crippen molar-refractivity contribution in [1.82, 2.24) is 19.5 Å². The molecule has 33 heavy (non-hydrogen) atoms. The molecule has 1 aromatic heterocycles. The number of hydroxylamine groups is 2. The monoisotopic (exact) mass is 456 g/mol.